The Morgan fingerprint density at radius 2 is 1.82 bits per heavy atom. The summed E-state index contributed by atoms with van der Waals surface area (Å²) in [6.07, 6.45) is 7.82. The molecule has 0 unspecified atom stereocenters. The van der Waals surface area contributed by atoms with Crippen LogP contribution >= 0.6 is 0 Å². The number of piperidine rings is 1. The molecule has 3 nitrogen and oxygen atoms in total. The lowest BCUT2D eigenvalue weighted by molar-refractivity contribution is 0.392. The summed E-state index contributed by atoms with van der Waals surface area (Å²) in [6, 6.07) is 0. The van der Waals surface area contributed by atoms with Crippen LogP contribution in [0.2, 0.25) is 0 Å². The van der Waals surface area contributed by atoms with Crippen LogP contribution in [0.1, 0.15) is 51.5 Å². The molecule has 0 bridgehead atoms. The van der Waals surface area contributed by atoms with Crippen molar-refractivity contribution in [2.75, 3.05) is 18.0 Å². The zero-order valence-corrected chi connectivity index (χ0v) is 11.2. The van der Waals surface area contributed by atoms with Crippen LogP contribution in [-0.2, 0) is 0 Å². The standard InChI is InChI=1S/C14H23N3/c1-4-12-5-7-17(8-6-12)14-15-9-13(10-16-14)11(2)3/h9-12H,4-8H2,1-3H3. The van der Waals surface area contributed by atoms with Gasteiger partial charge in [0.2, 0.25) is 5.95 Å². The lowest BCUT2D eigenvalue weighted by atomic mass is 9.95. The van der Waals surface area contributed by atoms with Gasteiger partial charge in [-0.15, -0.1) is 0 Å². The van der Waals surface area contributed by atoms with E-state index in [1.165, 1.54) is 24.8 Å². The summed E-state index contributed by atoms with van der Waals surface area (Å²) in [5.74, 6) is 2.32. The Bertz CT molecular complexity index is 337. The molecule has 0 aliphatic carbocycles. The average Bonchev–Trinajstić information content (AvgIpc) is 2.39. The Kier molecular flexibility index (Phi) is 3.97. The van der Waals surface area contributed by atoms with Crippen molar-refractivity contribution in [2.24, 2.45) is 5.92 Å². The molecule has 2 heterocycles. The Morgan fingerprint density at radius 1 is 1.24 bits per heavy atom. The summed E-state index contributed by atoms with van der Waals surface area (Å²) in [5.41, 5.74) is 1.22. The summed E-state index contributed by atoms with van der Waals surface area (Å²) < 4.78 is 0. The number of hydrogen-bond donors (Lipinski definition) is 0. The molecule has 1 fully saturated rings. The van der Waals surface area contributed by atoms with Crippen molar-refractivity contribution in [1.29, 1.82) is 0 Å². The van der Waals surface area contributed by atoms with E-state index in [0.717, 1.165) is 25.0 Å². The minimum Gasteiger partial charge on any atom is -0.341 e. The van der Waals surface area contributed by atoms with Gasteiger partial charge in [-0.3, -0.25) is 0 Å². The average molecular weight is 233 g/mol. The molecule has 0 radical (unpaired) electrons. The lowest BCUT2D eigenvalue weighted by Gasteiger charge is -2.31. The fraction of sp³-hybridized carbons (Fsp3) is 0.714. The second-order valence-corrected chi connectivity index (χ2v) is 5.31. The van der Waals surface area contributed by atoms with E-state index in [-0.39, 0.29) is 0 Å². The van der Waals surface area contributed by atoms with E-state index in [1.54, 1.807) is 0 Å². The fourth-order valence-electron chi connectivity index (χ4n) is 2.33. The van der Waals surface area contributed by atoms with Gasteiger partial charge in [0.25, 0.3) is 0 Å². The van der Waals surface area contributed by atoms with E-state index in [4.69, 9.17) is 0 Å². The second-order valence-electron chi connectivity index (χ2n) is 5.31. The van der Waals surface area contributed by atoms with E-state index in [1.807, 2.05) is 12.4 Å². The largest absolute Gasteiger partial charge is 0.341 e. The predicted molar refractivity (Wildman–Crippen MR) is 71.3 cm³/mol. The zero-order chi connectivity index (χ0) is 12.3. The summed E-state index contributed by atoms with van der Waals surface area (Å²) in [5, 5.41) is 0. The summed E-state index contributed by atoms with van der Waals surface area (Å²) in [7, 11) is 0. The van der Waals surface area contributed by atoms with Gasteiger partial charge in [-0.25, -0.2) is 9.97 Å². The SMILES string of the molecule is CCC1CCN(c2ncc(C(C)C)cn2)CC1. The van der Waals surface area contributed by atoms with Gasteiger partial charge in [-0.2, -0.15) is 0 Å². The monoisotopic (exact) mass is 233 g/mol. The van der Waals surface area contributed by atoms with Crippen molar-refractivity contribution in [3.63, 3.8) is 0 Å². The van der Waals surface area contributed by atoms with Gasteiger partial charge >= 0.3 is 0 Å². The predicted octanol–water partition coefficient (Wildman–Crippen LogP) is 3.23. The van der Waals surface area contributed by atoms with Crippen LogP contribution in [0.5, 0.6) is 0 Å². The molecule has 1 aliphatic rings. The van der Waals surface area contributed by atoms with E-state index in [9.17, 15) is 0 Å². The molecule has 1 saturated heterocycles. The summed E-state index contributed by atoms with van der Waals surface area (Å²) in [4.78, 5) is 11.3. The first-order valence-electron chi connectivity index (χ1n) is 6.77. The second kappa shape index (κ2) is 5.48. The lowest BCUT2D eigenvalue weighted by Crippen LogP contribution is -2.34. The highest BCUT2D eigenvalue weighted by Gasteiger charge is 2.19. The van der Waals surface area contributed by atoms with E-state index >= 15 is 0 Å². The van der Waals surface area contributed by atoms with Crippen molar-refractivity contribution in [2.45, 2.75) is 46.0 Å². The van der Waals surface area contributed by atoms with Crippen LogP contribution in [0, 0.1) is 5.92 Å². The molecular formula is C14H23N3. The van der Waals surface area contributed by atoms with E-state index in [2.05, 4.69) is 35.6 Å². The number of aromatic nitrogens is 2. The van der Waals surface area contributed by atoms with Crippen LogP contribution in [0.4, 0.5) is 5.95 Å². The van der Waals surface area contributed by atoms with Gasteiger partial charge in [0.05, 0.1) is 0 Å². The molecule has 0 N–H and O–H groups in total. The maximum absolute atomic E-state index is 4.49. The topological polar surface area (TPSA) is 29.0 Å². The van der Waals surface area contributed by atoms with Crippen LogP contribution in [-0.4, -0.2) is 23.1 Å². The van der Waals surface area contributed by atoms with Crippen molar-refractivity contribution in [3.8, 4) is 0 Å². The smallest absolute Gasteiger partial charge is 0.225 e. The van der Waals surface area contributed by atoms with Gasteiger partial charge in [0.15, 0.2) is 0 Å². The highest BCUT2D eigenvalue weighted by atomic mass is 15.2. The molecule has 3 heteroatoms. The molecule has 2 rings (SSSR count). The summed E-state index contributed by atoms with van der Waals surface area (Å²) >= 11 is 0. The van der Waals surface area contributed by atoms with Crippen molar-refractivity contribution in [1.82, 2.24) is 9.97 Å². The van der Waals surface area contributed by atoms with Gasteiger partial charge in [-0.05, 0) is 30.2 Å². The van der Waals surface area contributed by atoms with Gasteiger partial charge in [0.1, 0.15) is 0 Å². The third-order valence-corrected chi connectivity index (χ3v) is 3.80. The van der Waals surface area contributed by atoms with Gasteiger partial charge in [-0.1, -0.05) is 27.2 Å². The zero-order valence-electron chi connectivity index (χ0n) is 11.2. The molecule has 1 aromatic rings. The number of hydrogen-bond acceptors (Lipinski definition) is 3. The highest BCUT2D eigenvalue weighted by Crippen LogP contribution is 2.23. The van der Waals surface area contributed by atoms with Crippen molar-refractivity contribution >= 4 is 5.95 Å². The number of rotatable bonds is 3. The van der Waals surface area contributed by atoms with Crippen LogP contribution in [0.3, 0.4) is 0 Å². The third kappa shape index (κ3) is 2.96. The van der Waals surface area contributed by atoms with Crippen LogP contribution < -0.4 is 4.90 Å². The maximum atomic E-state index is 4.49. The first-order valence-corrected chi connectivity index (χ1v) is 6.77. The molecule has 94 valence electrons. The Labute approximate surface area is 104 Å². The molecule has 1 aliphatic heterocycles. The van der Waals surface area contributed by atoms with Gasteiger partial charge in [0, 0.05) is 25.5 Å². The van der Waals surface area contributed by atoms with Crippen LogP contribution in [0.15, 0.2) is 12.4 Å². The normalized spacial score (nSPS) is 17.8. The Hall–Kier alpha value is -1.12. The minimum atomic E-state index is 0.509. The van der Waals surface area contributed by atoms with E-state index in [0.29, 0.717) is 5.92 Å². The first kappa shape index (κ1) is 12.3. The quantitative estimate of drug-likeness (QED) is 0.802. The molecule has 0 saturated carbocycles. The molecule has 0 spiro atoms. The van der Waals surface area contributed by atoms with Crippen LogP contribution in [0.25, 0.3) is 0 Å². The fourth-order valence-corrected chi connectivity index (χ4v) is 2.33. The van der Waals surface area contributed by atoms with Crippen molar-refractivity contribution in [3.05, 3.63) is 18.0 Å². The summed E-state index contributed by atoms with van der Waals surface area (Å²) in [6.45, 7) is 8.85. The maximum Gasteiger partial charge on any atom is 0.225 e. The first-order chi connectivity index (χ1) is 8.20. The van der Waals surface area contributed by atoms with Gasteiger partial charge < -0.3 is 4.90 Å². The van der Waals surface area contributed by atoms with Crippen molar-refractivity contribution < 1.29 is 0 Å². The molecule has 0 atom stereocenters. The molecule has 0 amide bonds. The highest BCUT2D eigenvalue weighted by molar-refractivity contribution is 5.30. The molecular weight excluding hydrogens is 210 g/mol. The molecule has 17 heavy (non-hydrogen) atoms. The third-order valence-electron chi connectivity index (χ3n) is 3.80. The Balaban J connectivity index is 1.99. The number of anilines is 1. The Morgan fingerprint density at radius 3 is 2.29 bits per heavy atom. The number of nitrogens with zero attached hydrogens (tertiary/aromatic N) is 3. The van der Waals surface area contributed by atoms with E-state index < -0.39 is 0 Å². The minimum absolute atomic E-state index is 0.509. The molecule has 0 aromatic carbocycles. The molecule has 1 aromatic heterocycles.